The number of fused-ring (bicyclic) bond motifs is 3. The maximum absolute atomic E-state index is 12.0. The summed E-state index contributed by atoms with van der Waals surface area (Å²) in [7, 11) is 0. The van der Waals surface area contributed by atoms with Crippen LogP contribution in [0.1, 0.15) is 32.1 Å². The molecular weight excluding hydrogens is 314 g/mol. The molecule has 0 aliphatic heterocycles. The van der Waals surface area contributed by atoms with E-state index in [1.807, 2.05) is 42.5 Å². The minimum Gasteiger partial charge on any atom is -0.456 e. The number of benzene rings is 2. The number of anilines is 1. The van der Waals surface area contributed by atoms with Gasteiger partial charge in [-0.1, -0.05) is 36.8 Å². The number of ether oxygens (including phenoxy) is 1. The van der Waals surface area contributed by atoms with Crippen LogP contribution in [0.4, 0.5) is 5.69 Å². The van der Waals surface area contributed by atoms with Gasteiger partial charge in [0.1, 0.15) is 0 Å². The minimum absolute atomic E-state index is 0.216. The standard InChI is InChI=1S/C21H23NO3/c23-20(22-19-8-7-15-3-1-2-4-16(15)11-19)13-25-21(24)12-18-10-14-5-6-17(18)9-14/h1-4,7-8,11,14,17-18H,5-6,9-10,12-13H2,(H,22,23)/t14-,17-,18+/m1/s1. The number of amides is 1. The van der Waals surface area contributed by atoms with Crippen LogP contribution in [0.2, 0.25) is 0 Å². The predicted molar refractivity (Wildman–Crippen MR) is 97.1 cm³/mol. The lowest BCUT2D eigenvalue weighted by atomic mass is 9.86. The normalized spacial score (nSPS) is 24.4. The van der Waals surface area contributed by atoms with E-state index in [1.54, 1.807) is 0 Å². The zero-order chi connectivity index (χ0) is 17.2. The van der Waals surface area contributed by atoms with Crippen molar-refractivity contribution >= 4 is 28.3 Å². The maximum atomic E-state index is 12.0. The molecule has 2 aromatic rings. The SMILES string of the molecule is O=C(COC(=O)C[C@@H]1C[C@@H]2CC[C@@H]1C2)Nc1ccc2ccccc2c1. The molecule has 4 nitrogen and oxygen atoms in total. The van der Waals surface area contributed by atoms with Gasteiger partial charge < -0.3 is 10.1 Å². The van der Waals surface area contributed by atoms with E-state index in [-0.39, 0.29) is 18.5 Å². The number of carbonyl (C=O) groups excluding carboxylic acids is 2. The van der Waals surface area contributed by atoms with Crippen molar-refractivity contribution < 1.29 is 14.3 Å². The van der Waals surface area contributed by atoms with Crippen LogP contribution in [-0.4, -0.2) is 18.5 Å². The van der Waals surface area contributed by atoms with E-state index in [2.05, 4.69) is 5.32 Å². The molecule has 2 aromatic carbocycles. The molecule has 2 fully saturated rings. The molecule has 0 unspecified atom stereocenters. The molecule has 0 radical (unpaired) electrons. The van der Waals surface area contributed by atoms with Crippen LogP contribution in [0.25, 0.3) is 10.8 Å². The van der Waals surface area contributed by atoms with Crippen LogP contribution in [0, 0.1) is 17.8 Å². The van der Waals surface area contributed by atoms with Crippen LogP contribution in [0.5, 0.6) is 0 Å². The summed E-state index contributed by atoms with van der Waals surface area (Å²) >= 11 is 0. The highest BCUT2D eigenvalue weighted by Crippen LogP contribution is 2.49. The lowest BCUT2D eigenvalue weighted by molar-refractivity contribution is -0.148. The van der Waals surface area contributed by atoms with Crippen LogP contribution >= 0.6 is 0 Å². The van der Waals surface area contributed by atoms with Crippen molar-refractivity contribution in [2.24, 2.45) is 17.8 Å². The van der Waals surface area contributed by atoms with Crippen LogP contribution < -0.4 is 5.32 Å². The first-order chi connectivity index (χ1) is 12.2. The van der Waals surface area contributed by atoms with Gasteiger partial charge in [0.25, 0.3) is 5.91 Å². The monoisotopic (exact) mass is 337 g/mol. The van der Waals surface area contributed by atoms with Gasteiger partial charge in [-0.2, -0.15) is 0 Å². The Morgan fingerprint density at radius 1 is 1.04 bits per heavy atom. The molecule has 0 saturated heterocycles. The Bertz CT molecular complexity index is 801. The van der Waals surface area contributed by atoms with Crippen molar-refractivity contribution in [2.45, 2.75) is 32.1 Å². The zero-order valence-corrected chi connectivity index (χ0v) is 14.2. The van der Waals surface area contributed by atoms with Crippen molar-refractivity contribution in [3.8, 4) is 0 Å². The van der Waals surface area contributed by atoms with Crippen LogP contribution in [0.3, 0.4) is 0 Å². The van der Waals surface area contributed by atoms with Gasteiger partial charge >= 0.3 is 5.97 Å². The lowest BCUT2D eigenvalue weighted by Gasteiger charge is -2.20. The topological polar surface area (TPSA) is 55.4 Å². The molecule has 1 N–H and O–H groups in total. The number of hydrogen-bond acceptors (Lipinski definition) is 3. The molecule has 1 amide bonds. The number of carbonyl (C=O) groups is 2. The highest BCUT2D eigenvalue weighted by Gasteiger charge is 2.40. The quantitative estimate of drug-likeness (QED) is 0.834. The number of nitrogens with one attached hydrogen (secondary N) is 1. The molecule has 2 bridgehead atoms. The van der Waals surface area contributed by atoms with Gasteiger partial charge in [0.15, 0.2) is 6.61 Å². The predicted octanol–water partition coefficient (Wildman–Crippen LogP) is 4.15. The molecule has 3 atom stereocenters. The number of rotatable bonds is 5. The van der Waals surface area contributed by atoms with E-state index in [0.29, 0.717) is 23.9 Å². The molecule has 0 heterocycles. The molecule has 0 spiro atoms. The second-order valence-electron chi connectivity index (χ2n) is 7.41. The Labute approximate surface area is 147 Å². The fourth-order valence-corrected chi connectivity index (χ4v) is 4.51. The van der Waals surface area contributed by atoms with Crippen molar-refractivity contribution in [1.82, 2.24) is 0 Å². The van der Waals surface area contributed by atoms with Gasteiger partial charge in [-0.05, 0) is 59.9 Å². The Morgan fingerprint density at radius 3 is 2.64 bits per heavy atom. The first kappa shape index (κ1) is 16.1. The smallest absolute Gasteiger partial charge is 0.306 e. The van der Waals surface area contributed by atoms with Crippen molar-refractivity contribution in [2.75, 3.05) is 11.9 Å². The summed E-state index contributed by atoms with van der Waals surface area (Å²) < 4.78 is 5.18. The molecule has 0 aromatic heterocycles. The van der Waals surface area contributed by atoms with Gasteiger partial charge in [0.2, 0.25) is 0 Å². The van der Waals surface area contributed by atoms with Crippen molar-refractivity contribution in [3.05, 3.63) is 42.5 Å². The van der Waals surface area contributed by atoms with E-state index in [9.17, 15) is 9.59 Å². The highest BCUT2D eigenvalue weighted by atomic mass is 16.5. The van der Waals surface area contributed by atoms with E-state index in [4.69, 9.17) is 4.74 Å². The second-order valence-corrected chi connectivity index (χ2v) is 7.41. The average molecular weight is 337 g/mol. The summed E-state index contributed by atoms with van der Waals surface area (Å²) in [4.78, 5) is 24.0. The Kier molecular flexibility index (Phi) is 4.43. The molecule has 2 aliphatic carbocycles. The van der Waals surface area contributed by atoms with Crippen LogP contribution in [0.15, 0.2) is 42.5 Å². The molecule has 25 heavy (non-hydrogen) atoms. The summed E-state index contributed by atoms with van der Waals surface area (Å²) in [6.45, 7) is -0.216. The van der Waals surface area contributed by atoms with E-state index >= 15 is 0 Å². The Morgan fingerprint density at radius 2 is 1.88 bits per heavy atom. The molecular formula is C21H23NO3. The Hall–Kier alpha value is -2.36. The second kappa shape index (κ2) is 6.87. The first-order valence-electron chi connectivity index (χ1n) is 9.11. The first-order valence-corrected chi connectivity index (χ1v) is 9.11. The van der Waals surface area contributed by atoms with Gasteiger partial charge in [-0.25, -0.2) is 0 Å². The van der Waals surface area contributed by atoms with Gasteiger partial charge in [0, 0.05) is 12.1 Å². The molecule has 2 saturated carbocycles. The van der Waals surface area contributed by atoms with E-state index in [0.717, 1.165) is 23.1 Å². The van der Waals surface area contributed by atoms with Gasteiger partial charge in [-0.3, -0.25) is 9.59 Å². The summed E-state index contributed by atoms with van der Waals surface area (Å²) in [6, 6.07) is 13.7. The van der Waals surface area contributed by atoms with Crippen LogP contribution in [-0.2, 0) is 14.3 Å². The van der Waals surface area contributed by atoms with Crippen molar-refractivity contribution in [3.63, 3.8) is 0 Å². The highest BCUT2D eigenvalue weighted by molar-refractivity contribution is 5.95. The third-order valence-electron chi connectivity index (χ3n) is 5.71. The molecule has 4 heteroatoms. The summed E-state index contributed by atoms with van der Waals surface area (Å²) in [6.07, 6.45) is 5.48. The average Bonchev–Trinajstić information content (AvgIpc) is 3.23. The summed E-state index contributed by atoms with van der Waals surface area (Å²) in [5.74, 6) is 1.44. The molecule has 4 rings (SSSR count). The third-order valence-corrected chi connectivity index (χ3v) is 5.71. The number of esters is 1. The number of hydrogen-bond donors (Lipinski definition) is 1. The van der Waals surface area contributed by atoms with Gasteiger partial charge in [-0.15, -0.1) is 0 Å². The maximum Gasteiger partial charge on any atom is 0.306 e. The van der Waals surface area contributed by atoms with Crippen molar-refractivity contribution in [1.29, 1.82) is 0 Å². The fraction of sp³-hybridized carbons (Fsp3) is 0.429. The lowest BCUT2D eigenvalue weighted by Crippen LogP contribution is -2.23. The summed E-state index contributed by atoms with van der Waals surface area (Å²) in [5, 5.41) is 4.98. The zero-order valence-electron chi connectivity index (χ0n) is 14.2. The molecule has 130 valence electrons. The summed E-state index contributed by atoms with van der Waals surface area (Å²) in [5.41, 5.74) is 0.716. The van der Waals surface area contributed by atoms with E-state index in [1.165, 1.54) is 19.3 Å². The molecule has 2 aliphatic rings. The van der Waals surface area contributed by atoms with E-state index < -0.39 is 0 Å². The largest absolute Gasteiger partial charge is 0.456 e. The fourth-order valence-electron chi connectivity index (χ4n) is 4.51. The van der Waals surface area contributed by atoms with Gasteiger partial charge in [0.05, 0.1) is 0 Å². The minimum atomic E-state index is -0.295. The Balaban J connectivity index is 1.26. The third kappa shape index (κ3) is 3.68.